The number of aryl methyl sites for hydroxylation is 2. The molecule has 0 aliphatic carbocycles. The molecule has 2 aromatic rings. The molecule has 9 heteroatoms. The number of para-hydroxylation sites is 1. The zero-order chi connectivity index (χ0) is 18.1. The molecule has 0 aliphatic rings. The van der Waals surface area contributed by atoms with Crippen LogP contribution in [0.4, 0.5) is 11.4 Å². The van der Waals surface area contributed by atoms with Gasteiger partial charge in [0.25, 0.3) is 10.0 Å². The van der Waals surface area contributed by atoms with Crippen LogP contribution in [0, 0.1) is 13.8 Å². The molecule has 0 atom stereocenters. The van der Waals surface area contributed by atoms with Gasteiger partial charge < -0.3 is 10.8 Å². The molecule has 1 aromatic carbocycles. The number of nitrogens with two attached hydrogens (primary N) is 1. The number of carboxylic acid groups (broad SMARTS) is 1. The standard InChI is InChI=1S/C15H16ClN3O4S/c1-9-4-3-5-11(17)15(9)19(8-14(20)21)24(22,23)12-7-18-13(16)6-10(12)2/h3-7H,8,17H2,1-2H3,(H,20,21). The maximum absolute atomic E-state index is 13.0. The number of aliphatic carboxylic acids is 1. The Morgan fingerprint density at radius 2 is 2.00 bits per heavy atom. The van der Waals surface area contributed by atoms with Crippen molar-refractivity contribution in [3.05, 3.63) is 46.7 Å². The number of sulfonamides is 1. The van der Waals surface area contributed by atoms with Gasteiger partial charge >= 0.3 is 5.97 Å². The number of rotatable bonds is 5. The van der Waals surface area contributed by atoms with Crippen LogP contribution < -0.4 is 10.0 Å². The molecule has 2 rings (SSSR count). The number of carboxylic acids is 1. The normalized spacial score (nSPS) is 11.3. The molecule has 128 valence electrons. The Hall–Kier alpha value is -2.32. The Balaban J connectivity index is 2.69. The maximum atomic E-state index is 13.0. The van der Waals surface area contributed by atoms with Crippen molar-refractivity contribution in [2.45, 2.75) is 18.7 Å². The van der Waals surface area contributed by atoms with Gasteiger partial charge in [-0.1, -0.05) is 23.7 Å². The molecular formula is C15H16ClN3O4S. The monoisotopic (exact) mass is 369 g/mol. The van der Waals surface area contributed by atoms with E-state index in [-0.39, 0.29) is 21.4 Å². The summed E-state index contributed by atoms with van der Waals surface area (Å²) in [5.41, 5.74) is 7.10. The number of anilines is 2. The van der Waals surface area contributed by atoms with Gasteiger partial charge in [-0.3, -0.25) is 9.10 Å². The van der Waals surface area contributed by atoms with Crippen molar-refractivity contribution in [3.63, 3.8) is 0 Å². The van der Waals surface area contributed by atoms with Crippen LogP contribution in [0.5, 0.6) is 0 Å². The van der Waals surface area contributed by atoms with E-state index in [0.29, 0.717) is 11.1 Å². The number of pyridine rings is 1. The lowest BCUT2D eigenvalue weighted by atomic mass is 10.1. The van der Waals surface area contributed by atoms with Gasteiger partial charge in [0, 0.05) is 6.20 Å². The third-order valence-corrected chi connectivity index (χ3v) is 5.48. The number of carbonyl (C=O) groups is 1. The molecule has 0 amide bonds. The minimum Gasteiger partial charge on any atom is -0.480 e. The van der Waals surface area contributed by atoms with Gasteiger partial charge in [-0.05, 0) is 37.1 Å². The molecule has 0 radical (unpaired) electrons. The first-order valence-corrected chi connectivity index (χ1v) is 8.68. The van der Waals surface area contributed by atoms with Crippen molar-refractivity contribution in [2.75, 3.05) is 16.6 Å². The smallest absolute Gasteiger partial charge is 0.324 e. The summed E-state index contributed by atoms with van der Waals surface area (Å²) in [5, 5.41) is 9.31. The van der Waals surface area contributed by atoms with E-state index in [1.807, 2.05) is 0 Å². The van der Waals surface area contributed by atoms with Crippen molar-refractivity contribution < 1.29 is 18.3 Å². The fourth-order valence-corrected chi connectivity index (χ4v) is 4.20. The van der Waals surface area contributed by atoms with Crippen molar-refractivity contribution in [1.29, 1.82) is 0 Å². The highest BCUT2D eigenvalue weighted by Gasteiger charge is 2.31. The van der Waals surface area contributed by atoms with Crippen LogP contribution in [0.25, 0.3) is 0 Å². The number of aromatic nitrogens is 1. The van der Waals surface area contributed by atoms with Crippen LogP contribution >= 0.6 is 11.6 Å². The van der Waals surface area contributed by atoms with Gasteiger partial charge in [0.15, 0.2) is 0 Å². The zero-order valence-corrected chi connectivity index (χ0v) is 14.6. The molecule has 0 bridgehead atoms. The summed E-state index contributed by atoms with van der Waals surface area (Å²) in [4.78, 5) is 14.9. The van der Waals surface area contributed by atoms with Crippen LogP contribution in [0.15, 0.2) is 35.4 Å². The van der Waals surface area contributed by atoms with Gasteiger partial charge in [-0.25, -0.2) is 13.4 Å². The lowest BCUT2D eigenvalue weighted by molar-refractivity contribution is -0.135. The largest absolute Gasteiger partial charge is 0.480 e. The maximum Gasteiger partial charge on any atom is 0.324 e. The highest BCUT2D eigenvalue weighted by atomic mass is 35.5. The van der Waals surface area contributed by atoms with Crippen molar-refractivity contribution in [2.24, 2.45) is 0 Å². The molecule has 0 saturated heterocycles. The summed E-state index contributed by atoms with van der Waals surface area (Å²) in [6.07, 6.45) is 1.11. The highest BCUT2D eigenvalue weighted by Crippen LogP contribution is 2.33. The van der Waals surface area contributed by atoms with Gasteiger partial charge in [0.1, 0.15) is 16.6 Å². The van der Waals surface area contributed by atoms with E-state index >= 15 is 0 Å². The average Bonchev–Trinajstić information content (AvgIpc) is 2.45. The van der Waals surface area contributed by atoms with Gasteiger partial charge in [-0.15, -0.1) is 0 Å². The van der Waals surface area contributed by atoms with Crippen LogP contribution in [-0.4, -0.2) is 31.0 Å². The fraction of sp³-hybridized carbons (Fsp3) is 0.200. The number of hydrogen-bond donors (Lipinski definition) is 2. The first-order valence-electron chi connectivity index (χ1n) is 6.86. The lowest BCUT2D eigenvalue weighted by Crippen LogP contribution is -2.37. The van der Waals surface area contributed by atoms with Crippen LogP contribution in [0.2, 0.25) is 5.15 Å². The van der Waals surface area contributed by atoms with E-state index in [2.05, 4.69) is 4.98 Å². The van der Waals surface area contributed by atoms with Crippen molar-refractivity contribution in [1.82, 2.24) is 4.98 Å². The molecule has 24 heavy (non-hydrogen) atoms. The SMILES string of the molecule is Cc1cc(Cl)ncc1S(=O)(=O)N(CC(=O)O)c1c(C)cccc1N. The second kappa shape index (κ2) is 6.66. The molecule has 1 aromatic heterocycles. The summed E-state index contributed by atoms with van der Waals surface area (Å²) in [5.74, 6) is -1.30. The minimum absolute atomic E-state index is 0.129. The first kappa shape index (κ1) is 18.0. The Morgan fingerprint density at radius 1 is 1.33 bits per heavy atom. The number of benzene rings is 1. The van der Waals surface area contributed by atoms with Crippen LogP contribution in [-0.2, 0) is 14.8 Å². The second-order valence-electron chi connectivity index (χ2n) is 5.19. The number of halogens is 1. The van der Waals surface area contributed by atoms with Crippen LogP contribution in [0.1, 0.15) is 11.1 Å². The summed E-state index contributed by atoms with van der Waals surface area (Å²) < 4.78 is 26.8. The number of hydrogen-bond acceptors (Lipinski definition) is 5. The molecule has 0 saturated carbocycles. The molecule has 0 spiro atoms. The highest BCUT2D eigenvalue weighted by molar-refractivity contribution is 7.93. The summed E-state index contributed by atoms with van der Waals surface area (Å²) in [6.45, 7) is 2.45. The first-order chi connectivity index (χ1) is 11.1. The Labute approximate surface area is 144 Å². The average molecular weight is 370 g/mol. The molecule has 0 aliphatic heterocycles. The molecule has 7 nitrogen and oxygen atoms in total. The summed E-state index contributed by atoms with van der Waals surface area (Å²) in [7, 11) is -4.19. The van der Waals surface area contributed by atoms with Gasteiger partial charge in [0.05, 0.1) is 11.4 Å². The predicted molar refractivity (Wildman–Crippen MR) is 91.7 cm³/mol. The zero-order valence-electron chi connectivity index (χ0n) is 13.0. The van der Waals surface area contributed by atoms with Crippen molar-refractivity contribution in [3.8, 4) is 0 Å². The third-order valence-electron chi connectivity index (χ3n) is 3.39. The fourth-order valence-electron chi connectivity index (χ4n) is 2.33. The summed E-state index contributed by atoms with van der Waals surface area (Å²) >= 11 is 5.76. The Kier molecular flexibility index (Phi) is 5.00. The molecule has 0 unspecified atom stereocenters. The quantitative estimate of drug-likeness (QED) is 0.617. The minimum atomic E-state index is -4.19. The number of nitrogen functional groups attached to an aromatic ring is 1. The van der Waals surface area contributed by atoms with Gasteiger partial charge in [0.2, 0.25) is 0 Å². The Bertz CT molecular complexity index is 879. The topological polar surface area (TPSA) is 114 Å². The van der Waals surface area contributed by atoms with E-state index in [4.69, 9.17) is 22.4 Å². The van der Waals surface area contributed by atoms with E-state index in [9.17, 15) is 13.2 Å². The molecular weight excluding hydrogens is 354 g/mol. The van der Waals surface area contributed by atoms with E-state index in [0.717, 1.165) is 10.5 Å². The summed E-state index contributed by atoms with van der Waals surface area (Å²) in [6, 6.07) is 6.23. The van der Waals surface area contributed by atoms with E-state index in [1.54, 1.807) is 26.0 Å². The van der Waals surface area contributed by atoms with E-state index < -0.39 is 22.5 Å². The van der Waals surface area contributed by atoms with Crippen LogP contribution in [0.3, 0.4) is 0 Å². The van der Waals surface area contributed by atoms with Gasteiger partial charge in [-0.2, -0.15) is 0 Å². The lowest BCUT2D eigenvalue weighted by Gasteiger charge is -2.26. The number of nitrogens with zero attached hydrogens (tertiary/aromatic N) is 2. The molecule has 1 heterocycles. The third kappa shape index (κ3) is 3.44. The van der Waals surface area contributed by atoms with E-state index in [1.165, 1.54) is 12.1 Å². The molecule has 3 N–H and O–H groups in total. The molecule has 0 fully saturated rings. The second-order valence-corrected chi connectivity index (χ2v) is 7.41. The van der Waals surface area contributed by atoms with Crippen molar-refractivity contribution >= 4 is 39.0 Å². The predicted octanol–water partition coefficient (Wildman–Crippen LogP) is 2.21. The Morgan fingerprint density at radius 3 is 2.54 bits per heavy atom.